The third-order valence-corrected chi connectivity index (χ3v) is 4.34. The minimum absolute atomic E-state index is 0. The molecule has 0 bridgehead atoms. The Labute approximate surface area is 90.9 Å². The molecule has 0 aromatic heterocycles. The summed E-state index contributed by atoms with van der Waals surface area (Å²) < 4.78 is 2.55. The van der Waals surface area contributed by atoms with Gasteiger partial charge in [0.15, 0.2) is 0 Å². The summed E-state index contributed by atoms with van der Waals surface area (Å²) in [6.45, 7) is 4.64. The summed E-state index contributed by atoms with van der Waals surface area (Å²) in [6.07, 6.45) is 1.33. The summed E-state index contributed by atoms with van der Waals surface area (Å²) >= 11 is 0.0129. The van der Waals surface area contributed by atoms with Crippen LogP contribution in [0.1, 0.15) is 20.3 Å². The Morgan fingerprint density at radius 2 is 1.83 bits per heavy atom. The van der Waals surface area contributed by atoms with E-state index in [9.17, 15) is 0 Å². The van der Waals surface area contributed by atoms with E-state index in [4.69, 9.17) is 0 Å². The van der Waals surface area contributed by atoms with Crippen molar-refractivity contribution in [1.82, 2.24) is 0 Å². The number of rotatable bonds is 3. The first-order chi connectivity index (χ1) is 5.33. The average molecular weight is 195 g/mol. The lowest BCUT2D eigenvalue weighted by atomic mass is 10.3. The molecule has 0 fully saturated rings. The van der Waals surface area contributed by atoms with Gasteiger partial charge in [-0.2, -0.15) is 3.69 Å². The van der Waals surface area contributed by atoms with Crippen LogP contribution >= 0.6 is 12.4 Å². The molecular weight excluding hydrogens is 180 g/mol. The topological polar surface area (TPSA) is 0 Å². The molecule has 0 amide bonds. The van der Waals surface area contributed by atoms with Crippen LogP contribution in [0.4, 0.5) is 0 Å². The fourth-order valence-electron chi connectivity index (χ4n) is 1.16. The van der Waals surface area contributed by atoms with Gasteiger partial charge in [0.05, 0.1) is 0 Å². The maximum Gasteiger partial charge on any atom is 0.412 e. The highest BCUT2D eigenvalue weighted by Gasteiger charge is 2.04. The molecule has 0 aliphatic carbocycles. The Morgan fingerprint density at radius 1 is 1.25 bits per heavy atom. The van der Waals surface area contributed by atoms with Gasteiger partial charge in [-0.3, -0.25) is 0 Å². The molecule has 0 radical (unpaired) electrons. The minimum atomic E-state index is 0. The van der Waals surface area contributed by atoms with Crippen molar-refractivity contribution >= 4 is 36.5 Å². The molecule has 12 heavy (non-hydrogen) atoms. The number of hydrogen-bond acceptors (Lipinski definition) is 0. The van der Waals surface area contributed by atoms with Crippen LogP contribution in [0.5, 0.6) is 0 Å². The van der Waals surface area contributed by atoms with E-state index in [-0.39, 0.29) is 32.8 Å². The van der Waals surface area contributed by atoms with E-state index in [0.717, 1.165) is 4.05 Å². The molecule has 0 saturated heterocycles. The highest BCUT2D eigenvalue weighted by atomic mass is 35.5. The van der Waals surface area contributed by atoms with Crippen molar-refractivity contribution in [2.75, 3.05) is 0 Å². The van der Waals surface area contributed by atoms with E-state index in [0.29, 0.717) is 0 Å². The van der Waals surface area contributed by atoms with Crippen LogP contribution in [0.2, 0.25) is 4.05 Å². The monoisotopic (exact) mass is 194 g/mol. The minimum Gasteiger partial charge on any atom is -0.174 e. The summed E-state index contributed by atoms with van der Waals surface area (Å²) in [4.78, 5) is 0. The van der Waals surface area contributed by atoms with E-state index in [1.165, 1.54) is 6.42 Å². The molecule has 1 rings (SSSR count). The zero-order valence-corrected chi connectivity index (χ0v) is 10.0. The highest BCUT2D eigenvalue weighted by molar-refractivity contribution is 6.54. The predicted octanol–water partition coefficient (Wildman–Crippen LogP) is 2.66. The molecule has 0 nitrogen and oxygen atoms in total. The molecular formula is C10H15ClMg. The lowest BCUT2D eigenvalue weighted by Gasteiger charge is -2.04. The van der Waals surface area contributed by atoms with Crippen molar-refractivity contribution in [3.8, 4) is 0 Å². The Morgan fingerprint density at radius 3 is 2.33 bits per heavy atom. The van der Waals surface area contributed by atoms with E-state index in [1.54, 1.807) is 3.69 Å². The van der Waals surface area contributed by atoms with Gasteiger partial charge in [-0.15, -0.1) is 16.5 Å². The first-order valence-electron chi connectivity index (χ1n) is 4.37. The molecule has 1 unspecified atom stereocenters. The van der Waals surface area contributed by atoms with Gasteiger partial charge in [-0.1, -0.05) is 50.6 Å². The van der Waals surface area contributed by atoms with E-state index in [2.05, 4.69) is 44.2 Å². The molecule has 2 heteroatoms. The van der Waals surface area contributed by atoms with Gasteiger partial charge in [-0.05, 0) is 0 Å². The molecule has 64 valence electrons. The molecule has 1 atom stereocenters. The maximum absolute atomic E-state index is 2.36. The molecule has 0 spiro atoms. The van der Waals surface area contributed by atoms with Gasteiger partial charge < -0.3 is 0 Å². The molecule has 0 aliphatic heterocycles. The van der Waals surface area contributed by atoms with E-state index >= 15 is 0 Å². The summed E-state index contributed by atoms with van der Waals surface area (Å²) in [5.74, 6) is 0. The van der Waals surface area contributed by atoms with Gasteiger partial charge in [0.25, 0.3) is 0 Å². The predicted molar refractivity (Wildman–Crippen MR) is 58.8 cm³/mol. The molecule has 1 aromatic carbocycles. The molecule has 0 N–H and O–H groups in total. The van der Waals surface area contributed by atoms with Crippen LogP contribution in [-0.4, -0.2) is 20.4 Å². The van der Waals surface area contributed by atoms with Crippen molar-refractivity contribution in [1.29, 1.82) is 0 Å². The Hall–Kier alpha value is 0.276. The molecule has 0 aliphatic rings. The van der Waals surface area contributed by atoms with Crippen LogP contribution < -0.4 is 3.69 Å². The van der Waals surface area contributed by atoms with Crippen LogP contribution in [0, 0.1) is 0 Å². The number of halogens is 1. The molecule has 0 heterocycles. The lowest BCUT2D eigenvalue weighted by molar-refractivity contribution is 0.874. The van der Waals surface area contributed by atoms with Gasteiger partial charge in [0.2, 0.25) is 0 Å². The molecule has 1 aromatic rings. The normalized spacial score (nSPS) is 11.2. The van der Waals surface area contributed by atoms with Crippen molar-refractivity contribution in [2.24, 2.45) is 0 Å². The zero-order valence-electron chi connectivity index (χ0n) is 7.79. The summed E-state index contributed by atoms with van der Waals surface area (Å²) in [5, 5.41) is 0. The fraction of sp³-hybridized carbons (Fsp3) is 0.400. The summed E-state index contributed by atoms with van der Waals surface area (Å²) in [6, 6.07) is 10.9. The highest BCUT2D eigenvalue weighted by Crippen LogP contribution is 2.04. The SMILES string of the molecule is CC[CH](C)[Mg][c]1ccccc1.Cl. The Bertz CT molecular complexity index is 198. The second kappa shape index (κ2) is 6.76. The zero-order chi connectivity index (χ0) is 8.10. The van der Waals surface area contributed by atoms with Crippen LogP contribution in [0.15, 0.2) is 30.3 Å². The van der Waals surface area contributed by atoms with Crippen LogP contribution in [-0.2, 0) is 0 Å². The van der Waals surface area contributed by atoms with Gasteiger partial charge in [-0.25, -0.2) is 0 Å². The van der Waals surface area contributed by atoms with Crippen molar-refractivity contribution in [3.63, 3.8) is 0 Å². The second-order valence-corrected chi connectivity index (χ2v) is 5.82. The van der Waals surface area contributed by atoms with Crippen molar-refractivity contribution in [3.05, 3.63) is 30.3 Å². The third-order valence-electron chi connectivity index (χ3n) is 2.12. The van der Waals surface area contributed by atoms with E-state index in [1.807, 2.05) is 0 Å². The van der Waals surface area contributed by atoms with Crippen molar-refractivity contribution < 1.29 is 0 Å². The quantitative estimate of drug-likeness (QED) is 0.650. The first kappa shape index (κ1) is 12.3. The third kappa shape index (κ3) is 4.34. The first-order valence-corrected chi connectivity index (χ1v) is 5.89. The lowest BCUT2D eigenvalue weighted by Crippen LogP contribution is -2.16. The maximum atomic E-state index is 2.36. The average Bonchev–Trinajstić information content (AvgIpc) is 2.06. The summed E-state index contributed by atoms with van der Waals surface area (Å²) in [7, 11) is 0. The fourth-order valence-corrected chi connectivity index (χ4v) is 2.80. The van der Waals surface area contributed by atoms with Crippen LogP contribution in [0.25, 0.3) is 0 Å². The molecule has 0 saturated carbocycles. The Kier molecular flexibility index (Phi) is 6.91. The van der Waals surface area contributed by atoms with Gasteiger partial charge in [0, 0.05) is 0 Å². The van der Waals surface area contributed by atoms with Crippen LogP contribution in [0.3, 0.4) is 0 Å². The van der Waals surface area contributed by atoms with Gasteiger partial charge in [0.1, 0.15) is 0 Å². The standard InChI is InChI=1S/C6H5.C4H9.ClH.Mg/c1-2-4-6-5-3-1;1-3-4-2;;/h1-5H;3H,4H2,1-2H3;1H;. The Balaban J connectivity index is 0.00000121. The largest absolute Gasteiger partial charge is 0.412 e. The number of benzene rings is 1. The van der Waals surface area contributed by atoms with E-state index < -0.39 is 0 Å². The second-order valence-electron chi connectivity index (χ2n) is 3.20. The van der Waals surface area contributed by atoms with Gasteiger partial charge >= 0.3 is 20.4 Å². The van der Waals surface area contributed by atoms with Crippen molar-refractivity contribution in [2.45, 2.75) is 24.3 Å². The summed E-state index contributed by atoms with van der Waals surface area (Å²) in [5.41, 5.74) is 0. The smallest absolute Gasteiger partial charge is 0.174 e. The number of hydrogen-bond donors (Lipinski definition) is 0.